The lowest BCUT2D eigenvalue weighted by atomic mass is 9.79. The summed E-state index contributed by atoms with van der Waals surface area (Å²) < 4.78 is 56.8. The molecule has 2 rings (SSSR count). The monoisotopic (exact) mass is 377 g/mol. The molecule has 1 fully saturated rings. The van der Waals surface area contributed by atoms with Crippen molar-refractivity contribution in [3.8, 4) is 5.75 Å². The van der Waals surface area contributed by atoms with Crippen LogP contribution in [0, 0.1) is 0 Å². The summed E-state index contributed by atoms with van der Waals surface area (Å²) in [6.07, 6.45) is -3.86. The summed E-state index contributed by atoms with van der Waals surface area (Å²) in [7, 11) is -0.651. The Morgan fingerprint density at radius 3 is 2.28 bits per heavy atom. The highest BCUT2D eigenvalue weighted by atomic mass is 32.2. The molecule has 0 aliphatic carbocycles. The van der Waals surface area contributed by atoms with Crippen molar-refractivity contribution in [1.82, 2.24) is 0 Å². The van der Waals surface area contributed by atoms with Crippen molar-refractivity contribution in [3.05, 3.63) is 18.2 Å². The van der Waals surface area contributed by atoms with E-state index in [1.54, 1.807) is 6.07 Å². The van der Waals surface area contributed by atoms with E-state index in [1.807, 2.05) is 34.6 Å². The van der Waals surface area contributed by atoms with E-state index < -0.39 is 24.7 Å². The van der Waals surface area contributed by atoms with Gasteiger partial charge in [-0.1, -0.05) is 24.9 Å². The van der Waals surface area contributed by atoms with E-state index >= 15 is 0 Å². The molecule has 0 radical (unpaired) electrons. The fraction of sp³-hybridized carbons (Fsp3) is 0.625. The molecule has 0 unspecified atom stereocenters. The molecule has 0 aromatic heterocycles. The molecule has 1 heterocycles. The van der Waals surface area contributed by atoms with Crippen LogP contribution < -0.4 is 14.9 Å². The maximum atomic E-state index is 12.6. The number of halogens is 3. The molecule has 140 valence electrons. The second kappa shape index (κ2) is 7.29. The number of hydrogen-bond donors (Lipinski definition) is 1. The highest BCUT2D eigenvalue weighted by molar-refractivity contribution is 8.00. The molecular weight excluding hydrogens is 354 g/mol. The van der Waals surface area contributed by atoms with Crippen molar-refractivity contribution in [3.63, 3.8) is 0 Å². The van der Waals surface area contributed by atoms with Gasteiger partial charge in [0.15, 0.2) is 5.75 Å². The van der Waals surface area contributed by atoms with Crippen molar-refractivity contribution in [2.45, 2.75) is 58.6 Å². The number of hydrogen-bond acceptors (Lipinski definition) is 5. The third kappa shape index (κ3) is 4.98. The summed E-state index contributed by atoms with van der Waals surface area (Å²) in [5.74, 6) is 0.475. The van der Waals surface area contributed by atoms with Gasteiger partial charge in [0.25, 0.3) is 0 Å². The zero-order chi connectivity index (χ0) is 18.9. The van der Waals surface area contributed by atoms with Crippen molar-refractivity contribution in [2.24, 2.45) is 0 Å². The first kappa shape index (κ1) is 20.3. The van der Waals surface area contributed by atoms with Crippen LogP contribution in [-0.2, 0) is 9.31 Å². The van der Waals surface area contributed by atoms with Gasteiger partial charge in [0.05, 0.1) is 16.9 Å². The van der Waals surface area contributed by atoms with E-state index in [2.05, 4.69) is 9.46 Å². The maximum Gasteiger partial charge on any atom is 0.573 e. The lowest BCUT2D eigenvalue weighted by Gasteiger charge is -2.32. The minimum atomic E-state index is -4.75. The highest BCUT2D eigenvalue weighted by Crippen LogP contribution is 2.37. The van der Waals surface area contributed by atoms with Crippen molar-refractivity contribution in [1.29, 1.82) is 0 Å². The summed E-state index contributed by atoms with van der Waals surface area (Å²) in [5.41, 5.74) is -0.178. The van der Waals surface area contributed by atoms with Crippen LogP contribution in [0.4, 0.5) is 18.9 Å². The molecule has 0 amide bonds. The summed E-state index contributed by atoms with van der Waals surface area (Å²) >= 11 is 1.32. The van der Waals surface area contributed by atoms with Crippen LogP contribution in [0.1, 0.15) is 41.0 Å². The zero-order valence-electron chi connectivity index (χ0n) is 15.0. The third-order valence-corrected chi connectivity index (χ3v) is 5.22. The molecule has 4 nitrogen and oxygen atoms in total. The van der Waals surface area contributed by atoms with Gasteiger partial charge >= 0.3 is 13.5 Å². The van der Waals surface area contributed by atoms with E-state index in [0.29, 0.717) is 5.46 Å². The average molecular weight is 377 g/mol. The van der Waals surface area contributed by atoms with Gasteiger partial charge in [-0.2, -0.15) is 0 Å². The summed E-state index contributed by atoms with van der Waals surface area (Å²) in [5, 5.41) is 0. The topological polar surface area (TPSA) is 39.7 Å². The molecule has 0 saturated carbocycles. The van der Waals surface area contributed by atoms with Gasteiger partial charge in [-0.3, -0.25) is 0 Å². The summed E-state index contributed by atoms with van der Waals surface area (Å²) in [4.78, 5) is 0. The fourth-order valence-electron chi connectivity index (χ4n) is 2.20. The van der Waals surface area contributed by atoms with Gasteiger partial charge in [-0.15, -0.1) is 13.2 Å². The van der Waals surface area contributed by atoms with Crippen molar-refractivity contribution in [2.75, 3.05) is 10.5 Å². The standard InChI is InChI=1S/C16H23BF3NO3S/c1-6-9-25-21-12-10-11(7-8-13(12)22-16(18,19)20)17-23-14(2,3)15(4,5)24-17/h7-8,10,21H,6,9H2,1-5H3. The van der Waals surface area contributed by atoms with Crippen LogP contribution in [-0.4, -0.2) is 30.4 Å². The van der Waals surface area contributed by atoms with E-state index in [4.69, 9.17) is 9.31 Å². The van der Waals surface area contributed by atoms with Crippen molar-refractivity contribution >= 4 is 30.2 Å². The quantitative estimate of drug-likeness (QED) is 0.453. The van der Waals surface area contributed by atoms with E-state index in [-0.39, 0.29) is 11.4 Å². The Morgan fingerprint density at radius 1 is 1.16 bits per heavy atom. The number of rotatable bonds is 6. The molecule has 25 heavy (non-hydrogen) atoms. The van der Waals surface area contributed by atoms with E-state index in [9.17, 15) is 13.2 Å². The second-order valence-electron chi connectivity index (χ2n) is 6.84. The Balaban J connectivity index is 2.27. The predicted octanol–water partition coefficient (Wildman–Crippen LogP) is 4.35. The number of benzene rings is 1. The molecule has 0 bridgehead atoms. The molecule has 0 atom stereocenters. The van der Waals surface area contributed by atoms with Gasteiger partial charge < -0.3 is 18.8 Å². The third-order valence-electron chi connectivity index (χ3n) is 4.24. The smallest absolute Gasteiger partial charge is 0.404 e. The zero-order valence-corrected chi connectivity index (χ0v) is 15.8. The number of anilines is 1. The van der Waals surface area contributed by atoms with Gasteiger partial charge in [0.1, 0.15) is 0 Å². The number of nitrogens with one attached hydrogen (secondary N) is 1. The summed E-state index contributed by atoms with van der Waals surface area (Å²) in [6, 6.07) is 4.38. The normalized spacial score (nSPS) is 19.1. The summed E-state index contributed by atoms with van der Waals surface area (Å²) in [6.45, 7) is 9.67. The van der Waals surface area contributed by atoms with Crippen LogP contribution in [0.3, 0.4) is 0 Å². The largest absolute Gasteiger partial charge is 0.573 e. The Bertz CT molecular complexity index is 595. The van der Waals surface area contributed by atoms with Crippen LogP contribution in [0.25, 0.3) is 0 Å². The van der Waals surface area contributed by atoms with E-state index in [1.165, 1.54) is 24.1 Å². The molecule has 1 aliphatic rings. The van der Waals surface area contributed by atoms with E-state index in [0.717, 1.165) is 12.2 Å². The Kier molecular flexibility index (Phi) is 5.90. The van der Waals surface area contributed by atoms with Crippen molar-refractivity contribution < 1.29 is 27.2 Å². The van der Waals surface area contributed by atoms with Gasteiger partial charge in [-0.25, -0.2) is 0 Å². The van der Waals surface area contributed by atoms with Gasteiger partial charge in [-0.05, 0) is 51.7 Å². The highest BCUT2D eigenvalue weighted by Gasteiger charge is 2.51. The molecule has 1 aromatic rings. The average Bonchev–Trinajstić information content (AvgIpc) is 2.68. The minimum Gasteiger partial charge on any atom is -0.404 e. The van der Waals surface area contributed by atoms with Crippen LogP contribution in [0.15, 0.2) is 18.2 Å². The molecule has 1 N–H and O–H groups in total. The van der Waals surface area contributed by atoms with Gasteiger partial charge in [0.2, 0.25) is 0 Å². The van der Waals surface area contributed by atoms with Crippen LogP contribution >= 0.6 is 11.9 Å². The molecule has 9 heteroatoms. The second-order valence-corrected chi connectivity index (χ2v) is 7.74. The first-order valence-electron chi connectivity index (χ1n) is 8.08. The van der Waals surface area contributed by atoms with Crippen LogP contribution in [0.5, 0.6) is 5.75 Å². The maximum absolute atomic E-state index is 12.6. The molecule has 0 spiro atoms. The SMILES string of the molecule is CCCSNc1cc(B2OC(C)(C)C(C)(C)O2)ccc1OC(F)(F)F. The Hall–Kier alpha value is -1.06. The first-order chi connectivity index (χ1) is 11.5. The lowest BCUT2D eigenvalue weighted by Crippen LogP contribution is -2.41. The predicted molar refractivity (Wildman–Crippen MR) is 95.2 cm³/mol. The Labute approximate surface area is 151 Å². The first-order valence-corrected chi connectivity index (χ1v) is 9.07. The number of ether oxygens (including phenoxy) is 1. The van der Waals surface area contributed by atoms with Gasteiger partial charge in [0, 0.05) is 5.75 Å². The number of alkyl halides is 3. The van der Waals surface area contributed by atoms with Crippen LogP contribution in [0.2, 0.25) is 0 Å². The fourth-order valence-corrected chi connectivity index (χ4v) is 2.82. The molecule has 1 aliphatic heterocycles. The molecular formula is C16H23BF3NO3S. The minimum absolute atomic E-state index is 0.239. The Morgan fingerprint density at radius 2 is 1.76 bits per heavy atom. The molecule has 1 saturated heterocycles. The molecule has 1 aromatic carbocycles. The lowest BCUT2D eigenvalue weighted by molar-refractivity contribution is -0.274.